The molecule has 0 aliphatic carbocycles. The van der Waals surface area contributed by atoms with Gasteiger partial charge in [0.1, 0.15) is 0 Å². The van der Waals surface area contributed by atoms with Gasteiger partial charge in [-0.15, -0.1) is 23.3 Å². The zero-order chi connectivity index (χ0) is 47.9. The molecule has 0 aromatic heterocycles. The molecule has 10 rings (SSSR count). The first-order valence-corrected chi connectivity index (χ1v) is 24.2. The van der Waals surface area contributed by atoms with E-state index in [4.69, 9.17) is 0 Å². The van der Waals surface area contributed by atoms with Gasteiger partial charge in [0.05, 0.1) is 0 Å². The molecule has 0 aliphatic rings. The Morgan fingerprint density at radius 2 is 0.677 bits per heavy atom. The Morgan fingerprint density at radius 1 is 0.308 bits per heavy atom. The van der Waals surface area contributed by atoms with Gasteiger partial charge in [-0.3, -0.25) is 0 Å². The summed E-state index contributed by atoms with van der Waals surface area (Å²) < 4.78 is 0. The zero-order valence-electron chi connectivity index (χ0n) is 43.4. The summed E-state index contributed by atoms with van der Waals surface area (Å²) in [5, 5.41) is 16.4. The minimum absolute atomic E-state index is 0. The third-order valence-electron chi connectivity index (χ3n) is 10.3. The maximum atomic E-state index is 3.32. The number of hydrogen-bond donors (Lipinski definition) is 0. The van der Waals surface area contributed by atoms with Crippen LogP contribution in [0.25, 0.3) is 75.8 Å². The summed E-state index contributed by atoms with van der Waals surface area (Å²) in [7, 11) is 0. The van der Waals surface area contributed by atoms with Crippen molar-refractivity contribution in [3.8, 4) is 11.1 Å². The van der Waals surface area contributed by atoms with Gasteiger partial charge in [-0.1, -0.05) is 206 Å². The molecular formula is C64H78Y-2. The monoisotopic (exact) mass is 936 g/mol. The fourth-order valence-corrected chi connectivity index (χ4v) is 7.94. The Balaban J connectivity index is 0.000000438. The Morgan fingerprint density at radius 3 is 1.03 bits per heavy atom. The molecule has 339 valence electrons. The van der Waals surface area contributed by atoms with Gasteiger partial charge in [-0.05, 0) is 115 Å². The van der Waals surface area contributed by atoms with Crippen molar-refractivity contribution < 1.29 is 32.7 Å². The van der Waals surface area contributed by atoms with Crippen molar-refractivity contribution in [1.29, 1.82) is 0 Å². The molecule has 0 atom stereocenters. The number of benzene rings is 10. The quantitative estimate of drug-likeness (QED) is 0.114. The van der Waals surface area contributed by atoms with Crippen LogP contribution < -0.4 is 0 Å². The van der Waals surface area contributed by atoms with Crippen molar-refractivity contribution in [3.05, 3.63) is 191 Å². The number of rotatable bonds is 1. The van der Waals surface area contributed by atoms with Crippen molar-refractivity contribution >= 4 is 64.6 Å². The van der Waals surface area contributed by atoms with Gasteiger partial charge in [0, 0.05) is 32.7 Å². The molecule has 0 fully saturated rings. The fourth-order valence-electron chi connectivity index (χ4n) is 7.94. The van der Waals surface area contributed by atoms with Crippen LogP contribution in [-0.2, 0) is 32.7 Å². The summed E-state index contributed by atoms with van der Waals surface area (Å²) in [5.74, 6) is 0. The molecule has 0 saturated carbocycles. The Kier molecular flexibility index (Phi) is 27.1. The van der Waals surface area contributed by atoms with Crippen LogP contribution in [0.3, 0.4) is 0 Å². The summed E-state index contributed by atoms with van der Waals surface area (Å²) in [6, 6.07) is 59.0. The molecule has 10 aromatic carbocycles. The van der Waals surface area contributed by atoms with Gasteiger partial charge < -0.3 is 0 Å². The van der Waals surface area contributed by atoms with Gasteiger partial charge in [-0.25, -0.2) is 11.1 Å². The van der Waals surface area contributed by atoms with Crippen LogP contribution in [0.5, 0.6) is 0 Å². The van der Waals surface area contributed by atoms with Crippen LogP contribution in [0.1, 0.15) is 116 Å². The molecule has 10 aromatic rings. The molecule has 0 bridgehead atoms. The third kappa shape index (κ3) is 14.6. The Labute approximate surface area is 421 Å². The second-order valence-electron chi connectivity index (χ2n) is 14.4. The normalized spacial score (nSPS) is 9.57. The molecule has 1 heteroatoms. The topological polar surface area (TPSA) is 0 Å². The molecule has 0 spiro atoms. The van der Waals surface area contributed by atoms with Crippen LogP contribution in [0.2, 0.25) is 0 Å². The number of aryl methyl sites for hydroxylation is 6. The molecule has 0 saturated heterocycles. The van der Waals surface area contributed by atoms with Crippen molar-refractivity contribution in [2.45, 2.75) is 125 Å². The Hall–Kier alpha value is -4.88. The molecule has 0 nitrogen and oxygen atoms in total. The number of fused-ring (bicyclic) bond motifs is 5. The van der Waals surface area contributed by atoms with E-state index in [0.29, 0.717) is 0 Å². The van der Waals surface area contributed by atoms with Crippen molar-refractivity contribution in [1.82, 2.24) is 0 Å². The summed E-state index contributed by atoms with van der Waals surface area (Å²) >= 11 is 0. The smallest absolute Gasteiger partial charge is 0 e. The SMILES string of the molecule is CC.CC.CC.CC.CC.CC.Cc1[c-]c(-c2[c-]ccc(C)c2)ccc1.Cc1cc2c3ccccc3c(C)cc2c2ccccc12.Cc1cc2ccc3cc(C)cc4ccc(c1)c2c34.[Y]. The summed E-state index contributed by atoms with van der Waals surface area (Å²) in [6.45, 7) is 36.9. The third-order valence-corrected chi connectivity index (χ3v) is 10.3. The van der Waals surface area contributed by atoms with E-state index >= 15 is 0 Å². The summed E-state index contributed by atoms with van der Waals surface area (Å²) in [6.07, 6.45) is 0. The van der Waals surface area contributed by atoms with Gasteiger partial charge in [0.15, 0.2) is 0 Å². The van der Waals surface area contributed by atoms with Gasteiger partial charge in [0.25, 0.3) is 0 Å². The molecular weight excluding hydrogens is 858 g/mol. The minimum Gasteiger partial charge on any atom is -0.226 e. The van der Waals surface area contributed by atoms with E-state index in [1.54, 1.807) is 0 Å². The predicted octanol–water partition coefficient (Wildman–Crippen LogP) is 20.7. The van der Waals surface area contributed by atoms with E-state index in [2.05, 4.69) is 193 Å². The van der Waals surface area contributed by atoms with E-state index in [1.165, 1.54) is 92.5 Å². The molecule has 0 unspecified atom stereocenters. The van der Waals surface area contributed by atoms with E-state index in [-0.39, 0.29) is 32.7 Å². The molecule has 0 amide bonds. The first-order valence-electron chi connectivity index (χ1n) is 24.2. The van der Waals surface area contributed by atoms with Crippen molar-refractivity contribution in [2.75, 3.05) is 0 Å². The molecule has 0 aliphatic heterocycles. The van der Waals surface area contributed by atoms with Crippen LogP contribution in [0.15, 0.2) is 146 Å². The van der Waals surface area contributed by atoms with Crippen LogP contribution in [0.4, 0.5) is 0 Å². The van der Waals surface area contributed by atoms with Crippen LogP contribution in [0, 0.1) is 53.7 Å². The second kappa shape index (κ2) is 30.4. The summed E-state index contributed by atoms with van der Waals surface area (Å²) in [5.41, 5.74) is 10.0. The molecule has 65 heavy (non-hydrogen) atoms. The minimum atomic E-state index is 0. The largest absolute Gasteiger partial charge is 0.226 e. The first-order chi connectivity index (χ1) is 31.2. The second-order valence-corrected chi connectivity index (χ2v) is 14.4. The first kappa shape index (κ1) is 58.1. The molecule has 1 radical (unpaired) electrons. The standard InChI is InChI=1S/C20H16.C18H14.C14H12.6C2H6.Y/c1-13-11-19-18-10-6-4-8-16(18)14(2)12-20(19)17-9-5-3-7-15(13)17;1-11-7-13-3-5-15-9-12(2)10-16-6-4-14(8-11)17(13)18(15)16;1-11-5-3-7-13(9-11)14-8-4-6-12(2)10-14;6*1-2;/h3-12H,1-2H3;3-10H,1-2H3;3-7,10H,1-2H3;6*1-2H3;/q;;-2;;;;;;;. The maximum absolute atomic E-state index is 3.32. The van der Waals surface area contributed by atoms with Gasteiger partial charge in [0.2, 0.25) is 0 Å². The predicted molar refractivity (Wildman–Crippen MR) is 295 cm³/mol. The van der Waals surface area contributed by atoms with Crippen molar-refractivity contribution in [2.24, 2.45) is 0 Å². The maximum Gasteiger partial charge on any atom is 0 e. The van der Waals surface area contributed by atoms with Gasteiger partial charge in [-0.2, -0.15) is 36.4 Å². The zero-order valence-corrected chi connectivity index (χ0v) is 46.3. The van der Waals surface area contributed by atoms with E-state index in [0.717, 1.165) is 16.7 Å². The molecule has 0 heterocycles. The van der Waals surface area contributed by atoms with E-state index in [1.807, 2.05) is 89.2 Å². The average Bonchev–Trinajstić information content (AvgIpc) is 3.35. The van der Waals surface area contributed by atoms with E-state index in [9.17, 15) is 0 Å². The fraction of sp³-hybridized carbons (Fsp3) is 0.281. The Bertz CT molecular complexity index is 2650. The van der Waals surface area contributed by atoms with Crippen LogP contribution >= 0.6 is 0 Å². The summed E-state index contributed by atoms with van der Waals surface area (Å²) in [4.78, 5) is 0. The molecule has 0 N–H and O–H groups in total. The van der Waals surface area contributed by atoms with Crippen LogP contribution in [-0.4, -0.2) is 0 Å². The number of hydrogen-bond acceptors (Lipinski definition) is 0. The van der Waals surface area contributed by atoms with Crippen molar-refractivity contribution in [3.63, 3.8) is 0 Å². The van der Waals surface area contributed by atoms with Gasteiger partial charge >= 0.3 is 0 Å². The van der Waals surface area contributed by atoms with E-state index < -0.39 is 0 Å². The average molecular weight is 936 g/mol.